The normalized spacial score (nSPS) is 11.6. The lowest BCUT2D eigenvalue weighted by molar-refractivity contribution is 0.461. The van der Waals surface area contributed by atoms with Gasteiger partial charge >= 0.3 is 5.63 Å². The minimum atomic E-state index is -0.682. The van der Waals surface area contributed by atoms with Gasteiger partial charge in [0, 0.05) is 17.5 Å². The highest BCUT2D eigenvalue weighted by Gasteiger charge is 2.12. The molecule has 0 aliphatic heterocycles. The van der Waals surface area contributed by atoms with Crippen molar-refractivity contribution in [3.8, 4) is 0 Å². The summed E-state index contributed by atoms with van der Waals surface area (Å²) in [5, 5.41) is 0.440. The Morgan fingerprint density at radius 2 is 1.63 bits per heavy atom. The summed E-state index contributed by atoms with van der Waals surface area (Å²) in [7, 11) is 0. The van der Waals surface area contributed by atoms with Gasteiger partial charge in [-0.15, -0.1) is 0 Å². The maximum absolute atomic E-state index is 14.8. The molecule has 0 aliphatic carbocycles. The topological polar surface area (TPSA) is 30.2 Å². The second kappa shape index (κ2) is 8.30. The Morgan fingerprint density at radius 1 is 0.926 bits per heavy atom. The highest BCUT2D eigenvalue weighted by Crippen LogP contribution is 2.22. The van der Waals surface area contributed by atoms with Gasteiger partial charge in [-0.2, -0.15) is 0 Å². The molecule has 0 aliphatic rings. The van der Waals surface area contributed by atoms with Crippen LogP contribution in [-0.4, -0.2) is 0 Å². The Kier molecular flexibility index (Phi) is 5.84. The number of hydrogen-bond donors (Lipinski definition) is 0. The van der Waals surface area contributed by atoms with Gasteiger partial charge in [0.05, 0.1) is 0 Å². The standard InChI is InChI=1S/C23H22F2O2/c1-3-5-15-7-8-16(20(24)13-15)9-10-17-11-12-18-14-19(6-4-2)27-23(26)21(18)22(17)25/h7-14H,3-6H2,1-2H3/b10-9+. The lowest BCUT2D eigenvalue weighted by atomic mass is 10.0. The Balaban J connectivity index is 1.97. The SMILES string of the molecule is CCCc1ccc(/C=C/c2ccc3cc(CCC)oc(=O)c3c2F)c(F)c1. The van der Waals surface area contributed by atoms with Gasteiger partial charge in [-0.1, -0.05) is 56.7 Å². The van der Waals surface area contributed by atoms with E-state index >= 15 is 0 Å². The minimum absolute atomic E-state index is 0.0734. The summed E-state index contributed by atoms with van der Waals surface area (Å²) in [6.07, 6.45) is 6.21. The Bertz CT molecular complexity index is 1050. The lowest BCUT2D eigenvalue weighted by Gasteiger charge is -2.05. The van der Waals surface area contributed by atoms with Gasteiger partial charge in [-0.05, 0) is 35.9 Å². The average molecular weight is 368 g/mol. The molecule has 0 saturated heterocycles. The second-order valence-electron chi connectivity index (χ2n) is 6.62. The van der Waals surface area contributed by atoms with Crippen LogP contribution in [0, 0.1) is 11.6 Å². The van der Waals surface area contributed by atoms with E-state index in [0.29, 0.717) is 23.1 Å². The molecule has 0 atom stereocenters. The van der Waals surface area contributed by atoms with Gasteiger partial charge in [0.1, 0.15) is 22.8 Å². The summed E-state index contributed by atoms with van der Waals surface area (Å²) >= 11 is 0. The van der Waals surface area contributed by atoms with Crippen molar-refractivity contribution in [2.24, 2.45) is 0 Å². The predicted octanol–water partition coefficient (Wildman–Crippen LogP) is 6.15. The van der Waals surface area contributed by atoms with Gasteiger partial charge in [-0.25, -0.2) is 13.6 Å². The summed E-state index contributed by atoms with van der Waals surface area (Å²) in [5.41, 5.74) is 0.845. The number of halogens is 2. The average Bonchev–Trinajstić information content (AvgIpc) is 2.63. The van der Waals surface area contributed by atoms with Crippen LogP contribution in [0.4, 0.5) is 8.78 Å². The van der Waals surface area contributed by atoms with Crippen molar-refractivity contribution in [3.63, 3.8) is 0 Å². The molecule has 4 heteroatoms. The first-order chi connectivity index (χ1) is 13.0. The fraction of sp³-hybridized carbons (Fsp3) is 0.261. The molecule has 1 heterocycles. The molecule has 2 aromatic carbocycles. The van der Waals surface area contributed by atoms with E-state index in [4.69, 9.17) is 4.42 Å². The molecule has 0 spiro atoms. The molecule has 0 unspecified atom stereocenters. The maximum atomic E-state index is 14.8. The Hall–Kier alpha value is -2.75. The van der Waals surface area contributed by atoms with E-state index in [1.165, 1.54) is 18.2 Å². The van der Waals surface area contributed by atoms with Crippen molar-refractivity contribution in [1.29, 1.82) is 0 Å². The first-order valence-electron chi connectivity index (χ1n) is 9.25. The van der Waals surface area contributed by atoms with Crippen molar-refractivity contribution in [3.05, 3.63) is 80.9 Å². The van der Waals surface area contributed by atoms with Crippen LogP contribution >= 0.6 is 0 Å². The number of aryl methyl sites for hydroxylation is 2. The molecule has 140 valence electrons. The van der Waals surface area contributed by atoms with Crippen molar-refractivity contribution < 1.29 is 13.2 Å². The molecule has 0 radical (unpaired) electrons. The molecule has 0 bridgehead atoms. The zero-order valence-electron chi connectivity index (χ0n) is 15.5. The molecule has 1 aromatic heterocycles. The number of hydrogen-bond acceptors (Lipinski definition) is 2. The van der Waals surface area contributed by atoms with Crippen LogP contribution < -0.4 is 5.63 Å². The van der Waals surface area contributed by atoms with Gasteiger partial charge in [0.2, 0.25) is 0 Å². The molecule has 0 N–H and O–H groups in total. The van der Waals surface area contributed by atoms with Crippen molar-refractivity contribution in [2.45, 2.75) is 39.5 Å². The number of fused-ring (bicyclic) bond motifs is 1. The van der Waals surface area contributed by atoms with Crippen LogP contribution in [0.1, 0.15) is 49.1 Å². The zero-order valence-corrected chi connectivity index (χ0v) is 15.5. The lowest BCUT2D eigenvalue weighted by Crippen LogP contribution is -2.05. The highest BCUT2D eigenvalue weighted by molar-refractivity contribution is 5.86. The summed E-state index contributed by atoms with van der Waals surface area (Å²) < 4.78 is 34.2. The third kappa shape index (κ3) is 4.16. The van der Waals surface area contributed by atoms with Crippen LogP contribution in [-0.2, 0) is 12.8 Å². The smallest absolute Gasteiger partial charge is 0.346 e. The molecular formula is C23H22F2O2. The Morgan fingerprint density at radius 3 is 2.33 bits per heavy atom. The fourth-order valence-electron chi connectivity index (χ4n) is 3.14. The number of rotatable bonds is 6. The first kappa shape index (κ1) is 19.0. The summed E-state index contributed by atoms with van der Waals surface area (Å²) in [5.74, 6) is -0.447. The zero-order chi connectivity index (χ0) is 19.4. The fourth-order valence-corrected chi connectivity index (χ4v) is 3.14. The first-order valence-corrected chi connectivity index (χ1v) is 9.25. The van der Waals surface area contributed by atoms with E-state index in [-0.39, 0.29) is 16.8 Å². The van der Waals surface area contributed by atoms with Crippen LogP contribution in [0.3, 0.4) is 0 Å². The second-order valence-corrected chi connectivity index (χ2v) is 6.62. The Labute approximate surface area is 157 Å². The van der Waals surface area contributed by atoms with Crippen LogP contribution in [0.15, 0.2) is 45.6 Å². The molecule has 0 fully saturated rings. The summed E-state index contributed by atoms with van der Waals surface area (Å²) in [6, 6.07) is 10.0. The molecule has 0 amide bonds. The van der Waals surface area contributed by atoms with Gasteiger partial charge in [-0.3, -0.25) is 0 Å². The summed E-state index contributed by atoms with van der Waals surface area (Å²) in [4.78, 5) is 12.2. The molecule has 0 saturated carbocycles. The third-order valence-electron chi connectivity index (χ3n) is 4.49. The van der Waals surface area contributed by atoms with E-state index < -0.39 is 11.4 Å². The maximum Gasteiger partial charge on any atom is 0.346 e. The van der Waals surface area contributed by atoms with Crippen LogP contribution in [0.25, 0.3) is 22.9 Å². The predicted molar refractivity (Wildman–Crippen MR) is 106 cm³/mol. The number of benzene rings is 2. The van der Waals surface area contributed by atoms with Gasteiger partial charge < -0.3 is 4.42 Å². The monoisotopic (exact) mass is 368 g/mol. The largest absolute Gasteiger partial charge is 0.427 e. The van der Waals surface area contributed by atoms with Crippen LogP contribution in [0.5, 0.6) is 0 Å². The molecular weight excluding hydrogens is 346 g/mol. The highest BCUT2D eigenvalue weighted by atomic mass is 19.1. The van der Waals surface area contributed by atoms with Gasteiger partial charge in [0.15, 0.2) is 0 Å². The van der Waals surface area contributed by atoms with E-state index in [9.17, 15) is 13.6 Å². The van der Waals surface area contributed by atoms with Crippen molar-refractivity contribution in [1.82, 2.24) is 0 Å². The van der Waals surface area contributed by atoms with E-state index in [1.54, 1.807) is 24.3 Å². The van der Waals surface area contributed by atoms with Gasteiger partial charge in [0.25, 0.3) is 0 Å². The molecule has 27 heavy (non-hydrogen) atoms. The van der Waals surface area contributed by atoms with Crippen molar-refractivity contribution >= 4 is 22.9 Å². The molecule has 2 nitrogen and oxygen atoms in total. The minimum Gasteiger partial charge on any atom is -0.427 e. The molecule has 3 aromatic rings. The van der Waals surface area contributed by atoms with E-state index in [0.717, 1.165) is 24.8 Å². The molecule has 3 rings (SSSR count). The van der Waals surface area contributed by atoms with E-state index in [2.05, 4.69) is 0 Å². The van der Waals surface area contributed by atoms with E-state index in [1.807, 2.05) is 19.9 Å². The van der Waals surface area contributed by atoms with Crippen molar-refractivity contribution in [2.75, 3.05) is 0 Å². The van der Waals surface area contributed by atoms with Crippen LogP contribution in [0.2, 0.25) is 0 Å². The third-order valence-corrected chi connectivity index (χ3v) is 4.49. The summed E-state index contributed by atoms with van der Waals surface area (Å²) in [6.45, 7) is 4.02. The quantitative estimate of drug-likeness (QED) is 0.489.